The first kappa shape index (κ1) is 93.7. The van der Waals surface area contributed by atoms with Crippen molar-refractivity contribution < 1.29 is 80.2 Å². The van der Waals surface area contributed by atoms with E-state index in [-0.39, 0.29) is 25.7 Å². The molecule has 0 aliphatic carbocycles. The average Bonchev–Trinajstić information content (AvgIpc) is 0.986. The fourth-order valence-electron chi connectivity index (χ4n) is 9.97. The van der Waals surface area contributed by atoms with Crippen LogP contribution in [0.15, 0.2) is 109 Å². The van der Waals surface area contributed by atoms with Gasteiger partial charge in [0.1, 0.15) is 19.3 Å². The average molecular weight is 1420 g/mol. The molecule has 0 rings (SSSR count). The lowest BCUT2D eigenvalue weighted by Crippen LogP contribution is -2.30. The monoisotopic (exact) mass is 1420 g/mol. The molecule has 564 valence electrons. The van der Waals surface area contributed by atoms with Crippen molar-refractivity contribution in [1.82, 2.24) is 0 Å². The summed E-state index contributed by atoms with van der Waals surface area (Å²) in [6, 6.07) is 0. The molecular weight excluding hydrogens is 1280 g/mol. The Hall–Kier alpha value is -4.28. The Kier molecular flexibility index (Phi) is 68.0. The van der Waals surface area contributed by atoms with Crippen molar-refractivity contribution in [2.45, 2.75) is 329 Å². The Morgan fingerprint density at radius 3 is 0.867 bits per heavy atom. The minimum atomic E-state index is -4.98. The number of phosphoric acid groups is 2. The zero-order chi connectivity index (χ0) is 71.8. The third-order valence-corrected chi connectivity index (χ3v) is 17.6. The van der Waals surface area contributed by atoms with Crippen LogP contribution in [0.2, 0.25) is 0 Å². The minimum absolute atomic E-state index is 0.0799. The summed E-state index contributed by atoms with van der Waals surface area (Å²) in [4.78, 5) is 72.8. The van der Waals surface area contributed by atoms with Crippen LogP contribution in [-0.4, -0.2) is 96.7 Å². The third-order valence-electron chi connectivity index (χ3n) is 15.7. The van der Waals surface area contributed by atoms with E-state index in [0.717, 1.165) is 148 Å². The quantitative estimate of drug-likeness (QED) is 0.0169. The number of aliphatic hydroxyl groups is 1. The molecule has 0 saturated carbocycles. The Morgan fingerprint density at radius 1 is 0.296 bits per heavy atom. The summed E-state index contributed by atoms with van der Waals surface area (Å²) < 4.78 is 68.4. The summed E-state index contributed by atoms with van der Waals surface area (Å²) in [6.07, 6.45) is 75.2. The smallest absolute Gasteiger partial charge is 0.462 e. The van der Waals surface area contributed by atoms with Crippen molar-refractivity contribution >= 4 is 39.5 Å². The zero-order valence-electron chi connectivity index (χ0n) is 61.4. The van der Waals surface area contributed by atoms with Crippen LogP contribution in [-0.2, 0) is 65.4 Å². The van der Waals surface area contributed by atoms with Gasteiger partial charge >= 0.3 is 39.5 Å². The van der Waals surface area contributed by atoms with Crippen LogP contribution in [0.1, 0.15) is 310 Å². The molecule has 0 aliphatic heterocycles. The van der Waals surface area contributed by atoms with Crippen LogP contribution in [0.25, 0.3) is 0 Å². The summed E-state index contributed by atoms with van der Waals surface area (Å²) in [5, 5.41) is 10.6. The van der Waals surface area contributed by atoms with E-state index in [1.54, 1.807) is 0 Å². The maximum atomic E-state index is 13.1. The van der Waals surface area contributed by atoms with Gasteiger partial charge in [-0.25, -0.2) is 9.13 Å². The van der Waals surface area contributed by atoms with E-state index in [1.165, 1.54) is 77.0 Å². The number of carbonyl (C=O) groups is 4. The largest absolute Gasteiger partial charge is 0.472 e. The minimum Gasteiger partial charge on any atom is -0.462 e. The first-order valence-electron chi connectivity index (χ1n) is 38.1. The van der Waals surface area contributed by atoms with E-state index in [0.29, 0.717) is 32.1 Å². The standard InChI is InChI=1S/C79H136O17P2/c1-5-9-13-17-21-25-29-32-35-36-39-41-45-48-52-56-60-64-77(82)89-69-74(95-78(83)65-61-57-53-49-43-28-24-20-16-12-8-4)71-93-97(85,86)91-67-73(80)68-92-98(87,88)94-72-75(96-79(84)66-62-58-54-50-46-42-38-34-31-27-23-19-15-11-7-3)70-90-76(81)63-59-55-51-47-44-40-37-33-30-26-22-18-14-10-6-2/h9-10,13-14,21-22,25-26,32-35,37-39,41,48,52,73-75,80H,5-8,11-12,15-20,23-24,27-31,36,40,42-47,49-51,53-72H2,1-4H3,(H,85,86)(H,87,88)/b13-9-,14-10-,25-21-,26-22-,35-32-,37-33-,38-34-,41-39-,52-48-. The molecule has 0 aromatic carbocycles. The maximum absolute atomic E-state index is 13.1. The second-order valence-corrected chi connectivity index (χ2v) is 28.1. The molecular formula is C79H136O17P2. The summed E-state index contributed by atoms with van der Waals surface area (Å²) in [6.45, 7) is 4.55. The lowest BCUT2D eigenvalue weighted by atomic mass is 10.1. The summed E-state index contributed by atoms with van der Waals surface area (Å²) in [7, 11) is -9.96. The second-order valence-electron chi connectivity index (χ2n) is 25.2. The summed E-state index contributed by atoms with van der Waals surface area (Å²) in [5.74, 6) is -2.26. The summed E-state index contributed by atoms with van der Waals surface area (Å²) >= 11 is 0. The molecule has 5 unspecified atom stereocenters. The van der Waals surface area contributed by atoms with Gasteiger partial charge in [-0.15, -0.1) is 0 Å². The van der Waals surface area contributed by atoms with E-state index in [1.807, 2.05) is 12.2 Å². The molecule has 0 aromatic heterocycles. The number of phosphoric ester groups is 2. The highest BCUT2D eigenvalue weighted by Gasteiger charge is 2.30. The number of rotatable bonds is 71. The number of carbonyl (C=O) groups excluding carboxylic acids is 4. The van der Waals surface area contributed by atoms with Gasteiger partial charge in [0.15, 0.2) is 12.2 Å². The fourth-order valence-corrected chi connectivity index (χ4v) is 11.5. The molecule has 0 bridgehead atoms. The van der Waals surface area contributed by atoms with Gasteiger partial charge in [0.2, 0.25) is 0 Å². The van der Waals surface area contributed by atoms with Crippen LogP contribution in [0.5, 0.6) is 0 Å². The molecule has 0 saturated heterocycles. The lowest BCUT2D eigenvalue weighted by molar-refractivity contribution is -0.161. The first-order chi connectivity index (χ1) is 47.7. The Labute approximate surface area is 594 Å². The van der Waals surface area contributed by atoms with Gasteiger partial charge < -0.3 is 33.8 Å². The van der Waals surface area contributed by atoms with Crippen LogP contribution >= 0.6 is 15.6 Å². The van der Waals surface area contributed by atoms with Crippen molar-refractivity contribution in [2.24, 2.45) is 0 Å². The van der Waals surface area contributed by atoms with Crippen LogP contribution in [0.4, 0.5) is 0 Å². The number of unbranched alkanes of at least 4 members (excludes halogenated alkanes) is 27. The Bertz CT molecular complexity index is 2290. The highest BCUT2D eigenvalue weighted by atomic mass is 31.2. The van der Waals surface area contributed by atoms with E-state index in [2.05, 4.69) is 125 Å². The number of hydrogen-bond acceptors (Lipinski definition) is 15. The molecule has 17 nitrogen and oxygen atoms in total. The van der Waals surface area contributed by atoms with E-state index in [4.69, 9.17) is 37.0 Å². The molecule has 0 spiro atoms. The molecule has 0 amide bonds. The summed E-state index contributed by atoms with van der Waals surface area (Å²) in [5.41, 5.74) is 0. The van der Waals surface area contributed by atoms with Crippen molar-refractivity contribution in [2.75, 3.05) is 39.6 Å². The predicted octanol–water partition coefficient (Wildman–Crippen LogP) is 21.8. The van der Waals surface area contributed by atoms with E-state index < -0.39 is 97.5 Å². The van der Waals surface area contributed by atoms with Crippen LogP contribution < -0.4 is 0 Å². The van der Waals surface area contributed by atoms with Gasteiger partial charge in [-0.05, 0) is 122 Å². The SMILES string of the molecule is CC/C=C\C/C=C\C/C=C\C/C=C\C/C=C\CCCC(=O)OCC(COP(=O)(O)OCC(O)COP(=O)(O)OCC(COC(=O)CCCCCCC/C=C\C/C=C\C/C=C\CC)OC(=O)CCCCCCC/C=C\CCCCCCCC)OC(=O)CCCCCCCCCCCCC. The molecule has 0 heterocycles. The van der Waals surface area contributed by atoms with Gasteiger partial charge in [0.25, 0.3) is 0 Å². The molecule has 0 aromatic rings. The number of aliphatic hydroxyl groups excluding tert-OH is 1. The first-order valence-corrected chi connectivity index (χ1v) is 41.1. The molecule has 0 aliphatic rings. The van der Waals surface area contributed by atoms with E-state index >= 15 is 0 Å². The van der Waals surface area contributed by atoms with Gasteiger partial charge in [-0.3, -0.25) is 37.3 Å². The molecule has 5 atom stereocenters. The molecule has 0 radical (unpaired) electrons. The molecule has 98 heavy (non-hydrogen) atoms. The van der Waals surface area contributed by atoms with Crippen molar-refractivity contribution in [3.63, 3.8) is 0 Å². The topological polar surface area (TPSA) is 237 Å². The van der Waals surface area contributed by atoms with Crippen molar-refractivity contribution in [3.05, 3.63) is 109 Å². The molecule has 0 fully saturated rings. The Balaban J connectivity index is 5.38. The number of hydrogen-bond donors (Lipinski definition) is 3. The number of esters is 4. The fraction of sp³-hybridized carbons (Fsp3) is 0.722. The number of allylic oxidation sites excluding steroid dienone is 18. The highest BCUT2D eigenvalue weighted by molar-refractivity contribution is 7.47. The number of ether oxygens (including phenoxy) is 4. The van der Waals surface area contributed by atoms with Crippen LogP contribution in [0.3, 0.4) is 0 Å². The van der Waals surface area contributed by atoms with Crippen molar-refractivity contribution in [3.8, 4) is 0 Å². The van der Waals surface area contributed by atoms with E-state index in [9.17, 15) is 43.2 Å². The van der Waals surface area contributed by atoms with Crippen LogP contribution in [0, 0.1) is 0 Å². The predicted molar refractivity (Wildman–Crippen MR) is 399 cm³/mol. The third kappa shape index (κ3) is 70.2. The molecule has 19 heteroatoms. The van der Waals surface area contributed by atoms with Gasteiger partial charge in [0, 0.05) is 25.7 Å². The Morgan fingerprint density at radius 2 is 0.541 bits per heavy atom. The second kappa shape index (κ2) is 71.1. The van der Waals surface area contributed by atoms with Gasteiger partial charge in [-0.1, -0.05) is 272 Å². The van der Waals surface area contributed by atoms with Gasteiger partial charge in [-0.2, -0.15) is 0 Å². The normalized spacial score (nSPS) is 14.6. The highest BCUT2D eigenvalue weighted by Crippen LogP contribution is 2.45. The van der Waals surface area contributed by atoms with Gasteiger partial charge in [0.05, 0.1) is 26.4 Å². The van der Waals surface area contributed by atoms with Crippen molar-refractivity contribution in [1.29, 1.82) is 0 Å². The lowest BCUT2D eigenvalue weighted by Gasteiger charge is -2.21. The zero-order valence-corrected chi connectivity index (χ0v) is 63.2. The maximum Gasteiger partial charge on any atom is 0.472 e. The molecule has 3 N–H and O–H groups in total.